The molecule has 0 radical (unpaired) electrons. The second-order valence-electron chi connectivity index (χ2n) is 5.75. The van der Waals surface area contributed by atoms with Gasteiger partial charge in [-0.25, -0.2) is 12.7 Å². The van der Waals surface area contributed by atoms with Gasteiger partial charge < -0.3 is 16.0 Å². The Kier molecular flexibility index (Phi) is 7.56. The minimum atomic E-state index is -3.28. The smallest absolute Gasteiger partial charge is 0.239 e. The average molecular weight is 368 g/mol. The van der Waals surface area contributed by atoms with E-state index in [9.17, 15) is 13.2 Å². The van der Waals surface area contributed by atoms with Crippen LogP contribution in [-0.2, 0) is 14.8 Å². The number of hydrogen-bond donors (Lipinski definition) is 2. The summed E-state index contributed by atoms with van der Waals surface area (Å²) < 4.78 is 24.4. The van der Waals surface area contributed by atoms with Crippen LogP contribution in [0.3, 0.4) is 0 Å². The van der Waals surface area contributed by atoms with Gasteiger partial charge in [-0.3, -0.25) is 9.79 Å². The zero-order valence-electron chi connectivity index (χ0n) is 13.4. The van der Waals surface area contributed by atoms with Gasteiger partial charge in [0.25, 0.3) is 0 Å². The molecule has 10 heteroatoms. The minimum absolute atomic E-state index is 0. The predicted octanol–water partition coefficient (Wildman–Crippen LogP) is -0.641. The Labute approximate surface area is 143 Å². The van der Waals surface area contributed by atoms with Crippen molar-refractivity contribution in [2.45, 2.75) is 31.7 Å². The van der Waals surface area contributed by atoms with Gasteiger partial charge in [0.1, 0.15) is 0 Å². The quantitative estimate of drug-likeness (QED) is 0.607. The third-order valence-corrected chi connectivity index (χ3v) is 5.07. The third-order valence-electron chi connectivity index (χ3n) is 3.91. The number of likely N-dealkylation sites (tertiary alicyclic amines) is 1. The summed E-state index contributed by atoms with van der Waals surface area (Å²) in [5.41, 5.74) is 5.93. The molecule has 0 aromatic heterocycles. The number of rotatable bonds is 6. The normalized spacial score (nSPS) is 19.3. The molecule has 2 aliphatic heterocycles. The van der Waals surface area contributed by atoms with Crippen LogP contribution in [0.25, 0.3) is 0 Å². The minimum Gasteiger partial charge on any atom is -0.355 e. The molecule has 3 N–H and O–H groups in total. The maximum Gasteiger partial charge on any atom is 0.239 e. The lowest BCUT2D eigenvalue weighted by molar-refractivity contribution is -0.131. The van der Waals surface area contributed by atoms with Gasteiger partial charge in [-0.15, -0.1) is 12.4 Å². The van der Waals surface area contributed by atoms with Crippen molar-refractivity contribution in [3.63, 3.8) is 0 Å². The van der Waals surface area contributed by atoms with Gasteiger partial charge in [-0.2, -0.15) is 0 Å². The summed E-state index contributed by atoms with van der Waals surface area (Å²) in [6, 6.07) is -0.476. The van der Waals surface area contributed by atoms with Gasteiger partial charge in [0.2, 0.25) is 21.9 Å². The van der Waals surface area contributed by atoms with Crippen molar-refractivity contribution >= 4 is 34.3 Å². The van der Waals surface area contributed by atoms with Crippen molar-refractivity contribution < 1.29 is 13.2 Å². The molecule has 2 heterocycles. The van der Waals surface area contributed by atoms with Crippen molar-refractivity contribution in [2.75, 3.05) is 39.0 Å². The zero-order valence-corrected chi connectivity index (χ0v) is 15.0. The van der Waals surface area contributed by atoms with Crippen molar-refractivity contribution in [3.05, 3.63) is 0 Å². The summed E-state index contributed by atoms with van der Waals surface area (Å²) >= 11 is 0. The molecule has 2 rings (SSSR count). The third kappa shape index (κ3) is 5.50. The molecular formula is C13H26ClN5O3S. The number of amides is 1. The number of carbonyl (C=O) groups excluding carboxylic acids is 1. The first-order chi connectivity index (χ1) is 10.4. The van der Waals surface area contributed by atoms with Gasteiger partial charge in [0, 0.05) is 19.6 Å². The number of nitrogens with one attached hydrogen (secondary N) is 1. The van der Waals surface area contributed by atoms with Crippen LogP contribution >= 0.6 is 12.4 Å². The molecule has 0 unspecified atom stereocenters. The van der Waals surface area contributed by atoms with Crippen molar-refractivity contribution in [1.29, 1.82) is 0 Å². The van der Waals surface area contributed by atoms with E-state index in [1.807, 2.05) is 4.90 Å². The monoisotopic (exact) mass is 367 g/mol. The lowest BCUT2D eigenvalue weighted by atomic mass is 10.1. The van der Waals surface area contributed by atoms with Crippen LogP contribution in [0.5, 0.6) is 0 Å². The Morgan fingerprint density at radius 3 is 2.61 bits per heavy atom. The van der Waals surface area contributed by atoms with E-state index in [-0.39, 0.29) is 18.3 Å². The molecule has 0 bridgehead atoms. The van der Waals surface area contributed by atoms with Crippen LogP contribution in [0.2, 0.25) is 0 Å². The van der Waals surface area contributed by atoms with E-state index in [2.05, 4.69) is 10.3 Å². The van der Waals surface area contributed by atoms with Crippen LogP contribution < -0.4 is 11.1 Å². The fraction of sp³-hybridized carbons (Fsp3) is 0.846. The molecule has 2 aliphatic rings. The highest BCUT2D eigenvalue weighted by Crippen LogP contribution is 2.10. The molecule has 1 atom stereocenters. The van der Waals surface area contributed by atoms with Gasteiger partial charge in [-0.05, 0) is 25.7 Å². The molecule has 0 aromatic carbocycles. The van der Waals surface area contributed by atoms with Gasteiger partial charge in [0.15, 0.2) is 0 Å². The molecule has 0 spiro atoms. The van der Waals surface area contributed by atoms with E-state index < -0.39 is 16.1 Å². The SMILES string of the molecule is CS(=O)(=O)N1CCN=C1NCCC[C@H](N)C(=O)N1CCCC1.Cl. The standard InChI is InChI=1S/C13H25N5O3S.ClH/c1-22(20,21)18-10-7-16-13(18)15-6-4-5-11(14)12(19)17-8-2-3-9-17;/h11H,2-10,14H2,1H3,(H,15,16);1H/t11-;/m0./s1. The Morgan fingerprint density at radius 2 is 2.00 bits per heavy atom. The van der Waals surface area contributed by atoms with E-state index in [4.69, 9.17) is 5.73 Å². The second kappa shape index (κ2) is 8.70. The summed E-state index contributed by atoms with van der Waals surface area (Å²) in [5.74, 6) is 0.412. The van der Waals surface area contributed by atoms with E-state index in [0.29, 0.717) is 38.4 Å². The largest absolute Gasteiger partial charge is 0.355 e. The molecule has 8 nitrogen and oxygen atoms in total. The second-order valence-corrected chi connectivity index (χ2v) is 7.66. The number of aliphatic imine (C=N–C) groups is 1. The first kappa shape index (κ1) is 20.0. The number of guanidine groups is 1. The molecule has 134 valence electrons. The van der Waals surface area contributed by atoms with Crippen molar-refractivity contribution in [1.82, 2.24) is 14.5 Å². The number of carbonyl (C=O) groups is 1. The molecule has 0 saturated carbocycles. The Bertz CT molecular complexity index is 534. The first-order valence-electron chi connectivity index (χ1n) is 7.70. The summed E-state index contributed by atoms with van der Waals surface area (Å²) in [7, 11) is -3.28. The van der Waals surface area contributed by atoms with Crippen LogP contribution in [0, 0.1) is 0 Å². The van der Waals surface area contributed by atoms with Crippen LogP contribution in [0.1, 0.15) is 25.7 Å². The number of sulfonamides is 1. The Balaban J connectivity index is 0.00000264. The van der Waals surface area contributed by atoms with Gasteiger partial charge >= 0.3 is 0 Å². The molecular weight excluding hydrogens is 342 g/mol. The summed E-state index contributed by atoms with van der Waals surface area (Å²) in [4.78, 5) is 18.0. The van der Waals surface area contributed by atoms with E-state index in [1.54, 1.807) is 0 Å². The Hall–Kier alpha value is -1.06. The van der Waals surface area contributed by atoms with Crippen molar-refractivity contribution in [2.24, 2.45) is 10.7 Å². The molecule has 1 amide bonds. The van der Waals surface area contributed by atoms with Crippen LogP contribution in [0.15, 0.2) is 4.99 Å². The first-order valence-corrected chi connectivity index (χ1v) is 9.55. The molecule has 1 fully saturated rings. The fourth-order valence-corrected chi connectivity index (χ4v) is 3.57. The maximum absolute atomic E-state index is 12.0. The Morgan fingerprint density at radius 1 is 1.35 bits per heavy atom. The molecule has 0 aromatic rings. The highest BCUT2D eigenvalue weighted by atomic mass is 35.5. The predicted molar refractivity (Wildman–Crippen MR) is 92.1 cm³/mol. The van der Waals surface area contributed by atoms with E-state index >= 15 is 0 Å². The highest BCUT2D eigenvalue weighted by Gasteiger charge is 2.25. The fourth-order valence-electron chi connectivity index (χ4n) is 2.72. The summed E-state index contributed by atoms with van der Waals surface area (Å²) in [6.45, 7) is 3.03. The number of nitrogens with two attached hydrogens (primary N) is 1. The molecule has 0 aliphatic carbocycles. The average Bonchev–Trinajstić information content (AvgIpc) is 3.12. The van der Waals surface area contributed by atoms with Crippen molar-refractivity contribution in [3.8, 4) is 0 Å². The van der Waals surface area contributed by atoms with E-state index in [1.165, 1.54) is 10.6 Å². The summed E-state index contributed by atoms with van der Waals surface area (Å²) in [5, 5.41) is 3.02. The van der Waals surface area contributed by atoms with Gasteiger partial charge in [0.05, 0.1) is 25.4 Å². The lowest BCUT2D eigenvalue weighted by Crippen LogP contribution is -2.44. The topological polar surface area (TPSA) is 108 Å². The lowest BCUT2D eigenvalue weighted by Gasteiger charge is -2.21. The highest BCUT2D eigenvalue weighted by molar-refractivity contribution is 7.88. The number of hydrogen-bond acceptors (Lipinski definition) is 6. The number of halogens is 1. The van der Waals surface area contributed by atoms with Crippen LogP contribution in [-0.4, -0.2) is 74.5 Å². The summed E-state index contributed by atoms with van der Waals surface area (Å²) in [6.07, 6.45) is 4.55. The molecule has 1 saturated heterocycles. The zero-order chi connectivity index (χ0) is 16.2. The van der Waals surface area contributed by atoms with Crippen LogP contribution in [0.4, 0.5) is 0 Å². The molecule has 23 heavy (non-hydrogen) atoms. The van der Waals surface area contributed by atoms with Gasteiger partial charge in [-0.1, -0.05) is 0 Å². The van der Waals surface area contributed by atoms with E-state index in [0.717, 1.165) is 25.9 Å². The number of nitrogens with zero attached hydrogens (tertiary/aromatic N) is 3. The maximum atomic E-state index is 12.0.